The molecular formula is C16H15Br2IO. The van der Waals surface area contributed by atoms with Crippen molar-refractivity contribution in [1.82, 2.24) is 0 Å². The van der Waals surface area contributed by atoms with Gasteiger partial charge in [-0.25, -0.2) is 0 Å². The summed E-state index contributed by atoms with van der Waals surface area (Å²) in [4.78, 5) is 0.119. The number of hydrogen-bond donors (Lipinski definition) is 0. The Morgan fingerprint density at radius 3 is 2.60 bits per heavy atom. The van der Waals surface area contributed by atoms with Crippen molar-refractivity contribution in [3.05, 3.63) is 61.1 Å². The molecule has 2 aromatic rings. The number of hydrogen-bond acceptors (Lipinski definition) is 1. The Morgan fingerprint density at radius 2 is 1.90 bits per heavy atom. The van der Waals surface area contributed by atoms with Gasteiger partial charge in [-0.1, -0.05) is 49.6 Å². The summed E-state index contributed by atoms with van der Waals surface area (Å²) in [6.45, 7) is 4.78. The van der Waals surface area contributed by atoms with E-state index >= 15 is 0 Å². The lowest BCUT2D eigenvalue weighted by Crippen LogP contribution is -2.02. The van der Waals surface area contributed by atoms with Gasteiger partial charge in [-0.05, 0) is 66.3 Å². The molecule has 0 spiro atoms. The van der Waals surface area contributed by atoms with Crippen LogP contribution in [0.1, 0.15) is 28.4 Å². The number of aryl methyl sites for hydroxylation is 1. The quantitative estimate of drug-likeness (QED) is 0.350. The van der Waals surface area contributed by atoms with Gasteiger partial charge in [-0.2, -0.15) is 0 Å². The van der Waals surface area contributed by atoms with Crippen LogP contribution in [0.3, 0.4) is 0 Å². The first-order valence-corrected chi connectivity index (χ1v) is 9.14. The minimum Gasteiger partial charge on any atom is -0.494 e. The molecule has 0 aliphatic carbocycles. The average molecular weight is 510 g/mol. The van der Waals surface area contributed by atoms with Crippen LogP contribution in [-0.4, -0.2) is 6.61 Å². The first kappa shape index (κ1) is 16.3. The molecule has 1 unspecified atom stereocenters. The fourth-order valence-corrected chi connectivity index (χ4v) is 4.22. The summed E-state index contributed by atoms with van der Waals surface area (Å²) >= 11 is 9.74. The minimum atomic E-state index is 0.119. The maximum atomic E-state index is 5.76. The summed E-state index contributed by atoms with van der Waals surface area (Å²) in [7, 11) is 0. The van der Waals surface area contributed by atoms with Gasteiger partial charge in [0, 0.05) is 13.6 Å². The summed E-state index contributed by atoms with van der Waals surface area (Å²) < 4.78 is 8.08. The van der Waals surface area contributed by atoms with Crippen LogP contribution in [0, 0.1) is 10.5 Å². The zero-order chi connectivity index (χ0) is 14.7. The molecule has 2 aromatic carbocycles. The van der Waals surface area contributed by atoms with Crippen LogP contribution < -0.4 is 4.74 Å². The molecule has 0 aliphatic rings. The van der Waals surface area contributed by atoms with Crippen LogP contribution in [-0.2, 0) is 0 Å². The third-order valence-corrected chi connectivity index (χ3v) is 5.43. The molecule has 0 aliphatic heterocycles. The topological polar surface area (TPSA) is 9.23 Å². The molecule has 4 heteroatoms. The smallest absolute Gasteiger partial charge is 0.123 e. The summed E-state index contributed by atoms with van der Waals surface area (Å²) in [5.74, 6) is 0.941. The number of benzene rings is 2. The third-order valence-electron chi connectivity index (χ3n) is 2.97. The van der Waals surface area contributed by atoms with Crippen molar-refractivity contribution >= 4 is 54.5 Å². The highest BCUT2D eigenvalue weighted by Crippen LogP contribution is 2.39. The zero-order valence-electron chi connectivity index (χ0n) is 11.3. The molecule has 0 bridgehead atoms. The molecule has 0 heterocycles. The van der Waals surface area contributed by atoms with Gasteiger partial charge in [0.25, 0.3) is 0 Å². The number of rotatable bonds is 4. The predicted molar refractivity (Wildman–Crippen MR) is 100.0 cm³/mol. The first-order chi connectivity index (χ1) is 9.52. The highest BCUT2D eigenvalue weighted by Gasteiger charge is 2.18. The van der Waals surface area contributed by atoms with Crippen molar-refractivity contribution < 1.29 is 4.74 Å². The van der Waals surface area contributed by atoms with Gasteiger partial charge in [-0.3, -0.25) is 0 Å². The SMILES string of the molecule is CCOc1ccc(C)cc1C(Br)c1cc(Br)ccc1I. The van der Waals surface area contributed by atoms with E-state index in [0.29, 0.717) is 6.61 Å². The number of alkyl halides is 1. The number of halogens is 3. The van der Waals surface area contributed by atoms with Gasteiger partial charge >= 0.3 is 0 Å². The summed E-state index contributed by atoms with van der Waals surface area (Å²) in [6, 6.07) is 12.6. The Labute approximate surface area is 150 Å². The maximum absolute atomic E-state index is 5.76. The normalized spacial score (nSPS) is 12.2. The Balaban J connectivity index is 2.49. The predicted octanol–water partition coefficient (Wildman–Crippen LogP) is 6.25. The van der Waals surface area contributed by atoms with E-state index in [9.17, 15) is 0 Å². The molecular weight excluding hydrogens is 495 g/mol. The monoisotopic (exact) mass is 508 g/mol. The maximum Gasteiger partial charge on any atom is 0.123 e. The lowest BCUT2D eigenvalue weighted by molar-refractivity contribution is 0.337. The Hall–Kier alpha value is -0.0700. The molecule has 1 atom stereocenters. The van der Waals surface area contributed by atoms with Gasteiger partial charge in [-0.15, -0.1) is 0 Å². The summed E-state index contributed by atoms with van der Waals surface area (Å²) in [5.41, 5.74) is 3.65. The van der Waals surface area contributed by atoms with E-state index in [4.69, 9.17) is 4.74 Å². The van der Waals surface area contributed by atoms with Crippen LogP contribution in [0.5, 0.6) is 5.75 Å². The van der Waals surface area contributed by atoms with Crippen molar-refractivity contribution in [2.75, 3.05) is 6.61 Å². The Kier molecular flexibility index (Phi) is 5.93. The fraction of sp³-hybridized carbons (Fsp3) is 0.250. The van der Waals surface area contributed by atoms with Gasteiger partial charge in [0.1, 0.15) is 5.75 Å². The molecule has 0 radical (unpaired) electrons. The van der Waals surface area contributed by atoms with Crippen LogP contribution in [0.15, 0.2) is 40.9 Å². The fourth-order valence-electron chi connectivity index (χ4n) is 2.03. The molecule has 0 amide bonds. The molecule has 0 N–H and O–H groups in total. The first-order valence-electron chi connectivity index (χ1n) is 6.35. The van der Waals surface area contributed by atoms with E-state index in [-0.39, 0.29) is 4.83 Å². The lowest BCUT2D eigenvalue weighted by Gasteiger charge is -2.18. The van der Waals surface area contributed by atoms with E-state index < -0.39 is 0 Å². The van der Waals surface area contributed by atoms with Crippen LogP contribution in [0.25, 0.3) is 0 Å². The summed E-state index contributed by atoms with van der Waals surface area (Å²) in [6.07, 6.45) is 0. The van der Waals surface area contributed by atoms with Crippen molar-refractivity contribution in [3.63, 3.8) is 0 Å². The van der Waals surface area contributed by atoms with Gasteiger partial charge in [0.2, 0.25) is 0 Å². The molecule has 0 fully saturated rings. The molecule has 1 nitrogen and oxygen atoms in total. The van der Waals surface area contributed by atoms with Crippen molar-refractivity contribution in [3.8, 4) is 5.75 Å². The number of ether oxygens (including phenoxy) is 1. The van der Waals surface area contributed by atoms with Gasteiger partial charge in [0.15, 0.2) is 0 Å². The largest absolute Gasteiger partial charge is 0.494 e. The van der Waals surface area contributed by atoms with Crippen molar-refractivity contribution in [2.24, 2.45) is 0 Å². The van der Waals surface area contributed by atoms with E-state index in [1.165, 1.54) is 20.3 Å². The molecule has 0 saturated carbocycles. The summed E-state index contributed by atoms with van der Waals surface area (Å²) in [5, 5.41) is 0. The van der Waals surface area contributed by atoms with E-state index in [1.807, 2.05) is 13.0 Å². The third kappa shape index (κ3) is 3.77. The Bertz CT molecular complexity index is 613. The Morgan fingerprint density at radius 1 is 1.15 bits per heavy atom. The molecule has 2 rings (SSSR count). The van der Waals surface area contributed by atoms with Crippen LogP contribution in [0.2, 0.25) is 0 Å². The van der Waals surface area contributed by atoms with Crippen LogP contribution in [0.4, 0.5) is 0 Å². The zero-order valence-corrected chi connectivity index (χ0v) is 16.6. The molecule has 20 heavy (non-hydrogen) atoms. The highest BCUT2D eigenvalue weighted by molar-refractivity contribution is 14.1. The second-order valence-electron chi connectivity index (χ2n) is 4.50. The van der Waals surface area contributed by atoms with E-state index in [2.05, 4.69) is 91.7 Å². The second-order valence-corrected chi connectivity index (χ2v) is 7.50. The van der Waals surface area contributed by atoms with Crippen molar-refractivity contribution in [2.45, 2.75) is 18.7 Å². The molecule has 0 saturated heterocycles. The second kappa shape index (κ2) is 7.27. The van der Waals surface area contributed by atoms with E-state index in [1.54, 1.807) is 0 Å². The highest BCUT2D eigenvalue weighted by atomic mass is 127. The minimum absolute atomic E-state index is 0.119. The van der Waals surface area contributed by atoms with Gasteiger partial charge < -0.3 is 4.74 Å². The van der Waals surface area contributed by atoms with Gasteiger partial charge in [0.05, 0.1) is 11.4 Å². The standard InChI is InChI=1S/C16H15Br2IO/c1-3-20-15-7-4-10(2)8-13(15)16(18)12-9-11(17)5-6-14(12)19/h4-9,16H,3H2,1-2H3. The lowest BCUT2D eigenvalue weighted by atomic mass is 10.0. The van der Waals surface area contributed by atoms with Crippen LogP contribution >= 0.6 is 54.5 Å². The average Bonchev–Trinajstić information content (AvgIpc) is 2.43. The molecule has 0 aromatic heterocycles. The van der Waals surface area contributed by atoms with E-state index in [0.717, 1.165) is 10.2 Å². The molecule has 106 valence electrons. The van der Waals surface area contributed by atoms with Crippen molar-refractivity contribution in [1.29, 1.82) is 0 Å².